The number of piperidine rings is 1. The molecule has 1 heterocycles. The Hall–Kier alpha value is -0.860. The molecule has 2 heteroatoms. The molecule has 1 fully saturated rings. The monoisotopic (exact) mass is 288 g/mol. The van der Waals surface area contributed by atoms with Crippen molar-refractivity contribution in [3.05, 3.63) is 35.9 Å². The van der Waals surface area contributed by atoms with Crippen molar-refractivity contribution in [3.63, 3.8) is 0 Å². The minimum absolute atomic E-state index is 0.508. The first-order valence-corrected chi connectivity index (χ1v) is 8.71. The molecular formula is C19H32N2. The molecule has 0 saturated carbocycles. The summed E-state index contributed by atoms with van der Waals surface area (Å²) in [4.78, 5) is 2.48. The second kappa shape index (κ2) is 8.55. The summed E-state index contributed by atoms with van der Waals surface area (Å²) in [6.45, 7) is 8.31. The Labute approximate surface area is 130 Å². The van der Waals surface area contributed by atoms with Crippen LogP contribution in [0.3, 0.4) is 0 Å². The van der Waals surface area contributed by atoms with Gasteiger partial charge in [0.15, 0.2) is 0 Å². The summed E-state index contributed by atoms with van der Waals surface area (Å²) in [5, 5.41) is 3.90. The molecule has 1 aromatic rings. The number of hydrogen-bond acceptors (Lipinski definition) is 2. The Balaban J connectivity index is 1.99. The maximum atomic E-state index is 3.90. The van der Waals surface area contributed by atoms with Crippen molar-refractivity contribution in [2.75, 3.05) is 26.7 Å². The second-order valence-corrected chi connectivity index (χ2v) is 6.64. The van der Waals surface area contributed by atoms with E-state index in [-0.39, 0.29) is 0 Å². The standard InChI is InChI=1S/C19H32N2/c1-4-17(5-2)19(18-11-7-6-8-12-18)20-14-16-10-9-13-21(3)15-16/h6-8,11-12,16-17,19-20H,4-5,9-10,13-15H2,1-3H3. The predicted octanol–water partition coefficient (Wildman–Crippen LogP) is 4.10. The predicted molar refractivity (Wildman–Crippen MR) is 91.5 cm³/mol. The van der Waals surface area contributed by atoms with E-state index in [9.17, 15) is 0 Å². The lowest BCUT2D eigenvalue weighted by molar-refractivity contribution is 0.196. The van der Waals surface area contributed by atoms with Crippen LogP contribution in [0.1, 0.15) is 51.1 Å². The highest BCUT2D eigenvalue weighted by Crippen LogP contribution is 2.28. The Kier molecular flexibility index (Phi) is 6.72. The molecule has 1 saturated heterocycles. The summed E-state index contributed by atoms with van der Waals surface area (Å²) >= 11 is 0. The molecule has 1 aliphatic heterocycles. The van der Waals surface area contributed by atoms with E-state index in [4.69, 9.17) is 0 Å². The summed E-state index contributed by atoms with van der Waals surface area (Å²) in [5.74, 6) is 1.54. The molecule has 2 rings (SSSR count). The van der Waals surface area contributed by atoms with Crippen molar-refractivity contribution in [1.29, 1.82) is 0 Å². The normalized spacial score (nSPS) is 21.6. The summed E-state index contributed by atoms with van der Waals surface area (Å²) < 4.78 is 0. The highest BCUT2D eigenvalue weighted by atomic mass is 15.1. The molecule has 0 amide bonds. The van der Waals surface area contributed by atoms with Crippen LogP contribution in [0.25, 0.3) is 0 Å². The van der Waals surface area contributed by atoms with Crippen molar-refractivity contribution < 1.29 is 0 Å². The van der Waals surface area contributed by atoms with Gasteiger partial charge in [-0.1, -0.05) is 57.0 Å². The van der Waals surface area contributed by atoms with Gasteiger partial charge in [-0.3, -0.25) is 0 Å². The highest BCUT2D eigenvalue weighted by molar-refractivity contribution is 5.19. The largest absolute Gasteiger partial charge is 0.309 e. The quantitative estimate of drug-likeness (QED) is 0.813. The summed E-state index contributed by atoms with van der Waals surface area (Å²) in [6, 6.07) is 11.5. The molecule has 0 spiro atoms. The van der Waals surface area contributed by atoms with E-state index in [2.05, 4.69) is 61.4 Å². The Morgan fingerprint density at radius 2 is 1.90 bits per heavy atom. The van der Waals surface area contributed by atoms with Gasteiger partial charge in [-0.25, -0.2) is 0 Å². The third-order valence-electron chi connectivity index (χ3n) is 5.03. The molecule has 2 unspecified atom stereocenters. The highest BCUT2D eigenvalue weighted by Gasteiger charge is 2.23. The number of benzene rings is 1. The van der Waals surface area contributed by atoms with Gasteiger partial charge >= 0.3 is 0 Å². The van der Waals surface area contributed by atoms with E-state index in [0.29, 0.717) is 6.04 Å². The topological polar surface area (TPSA) is 15.3 Å². The number of likely N-dealkylation sites (tertiary alicyclic amines) is 1. The fraction of sp³-hybridized carbons (Fsp3) is 0.684. The average Bonchev–Trinajstić information content (AvgIpc) is 2.52. The van der Waals surface area contributed by atoms with Crippen LogP contribution in [0.2, 0.25) is 0 Å². The van der Waals surface area contributed by atoms with Crippen LogP contribution in [-0.2, 0) is 0 Å². The van der Waals surface area contributed by atoms with Crippen molar-refractivity contribution >= 4 is 0 Å². The van der Waals surface area contributed by atoms with Crippen molar-refractivity contribution in [2.45, 2.75) is 45.6 Å². The van der Waals surface area contributed by atoms with Crippen LogP contribution >= 0.6 is 0 Å². The maximum absolute atomic E-state index is 3.90. The molecule has 1 aromatic carbocycles. The van der Waals surface area contributed by atoms with Gasteiger partial charge in [0, 0.05) is 12.6 Å². The smallest absolute Gasteiger partial charge is 0.0348 e. The van der Waals surface area contributed by atoms with E-state index in [1.165, 1.54) is 44.3 Å². The zero-order valence-electron chi connectivity index (χ0n) is 14.0. The number of nitrogens with zero attached hydrogens (tertiary/aromatic N) is 1. The zero-order valence-corrected chi connectivity index (χ0v) is 14.0. The Bertz CT molecular complexity index is 386. The van der Waals surface area contributed by atoms with Crippen LogP contribution in [0, 0.1) is 11.8 Å². The fourth-order valence-electron chi connectivity index (χ4n) is 3.71. The molecule has 21 heavy (non-hydrogen) atoms. The van der Waals surface area contributed by atoms with Gasteiger partial charge in [0.25, 0.3) is 0 Å². The number of nitrogens with one attached hydrogen (secondary N) is 1. The van der Waals surface area contributed by atoms with E-state index in [1.54, 1.807) is 0 Å². The van der Waals surface area contributed by atoms with Gasteiger partial charge in [-0.15, -0.1) is 0 Å². The molecule has 0 aliphatic carbocycles. The molecule has 2 nitrogen and oxygen atoms in total. The van der Waals surface area contributed by atoms with Crippen LogP contribution in [0.5, 0.6) is 0 Å². The molecule has 0 aromatic heterocycles. The summed E-state index contributed by atoms with van der Waals surface area (Å²) in [5.41, 5.74) is 1.45. The fourth-order valence-corrected chi connectivity index (χ4v) is 3.71. The van der Waals surface area contributed by atoms with E-state index in [1.807, 2.05) is 0 Å². The van der Waals surface area contributed by atoms with Crippen LogP contribution < -0.4 is 5.32 Å². The molecule has 2 atom stereocenters. The van der Waals surface area contributed by atoms with E-state index < -0.39 is 0 Å². The molecule has 1 N–H and O–H groups in total. The van der Waals surface area contributed by atoms with Gasteiger partial charge in [-0.2, -0.15) is 0 Å². The average molecular weight is 288 g/mol. The van der Waals surface area contributed by atoms with E-state index in [0.717, 1.165) is 18.4 Å². The first kappa shape index (κ1) is 16.5. The Morgan fingerprint density at radius 1 is 1.19 bits per heavy atom. The third-order valence-corrected chi connectivity index (χ3v) is 5.03. The molecule has 118 valence electrons. The van der Waals surface area contributed by atoms with E-state index >= 15 is 0 Å². The van der Waals surface area contributed by atoms with Gasteiger partial charge < -0.3 is 10.2 Å². The first-order valence-electron chi connectivity index (χ1n) is 8.71. The van der Waals surface area contributed by atoms with Gasteiger partial charge in [0.1, 0.15) is 0 Å². The second-order valence-electron chi connectivity index (χ2n) is 6.64. The minimum Gasteiger partial charge on any atom is -0.309 e. The number of rotatable bonds is 7. The molecule has 1 aliphatic rings. The van der Waals surface area contributed by atoms with Crippen LogP contribution in [0.4, 0.5) is 0 Å². The lowest BCUT2D eigenvalue weighted by atomic mass is 9.88. The Morgan fingerprint density at radius 3 is 2.52 bits per heavy atom. The zero-order chi connectivity index (χ0) is 15.1. The summed E-state index contributed by atoms with van der Waals surface area (Å²) in [6.07, 6.45) is 5.22. The lowest BCUT2D eigenvalue weighted by Crippen LogP contribution is -2.39. The molecular weight excluding hydrogens is 256 g/mol. The molecule has 0 radical (unpaired) electrons. The van der Waals surface area contributed by atoms with Crippen LogP contribution in [-0.4, -0.2) is 31.6 Å². The van der Waals surface area contributed by atoms with Crippen molar-refractivity contribution in [2.24, 2.45) is 11.8 Å². The lowest BCUT2D eigenvalue weighted by Gasteiger charge is -2.33. The van der Waals surface area contributed by atoms with Gasteiger partial charge in [0.05, 0.1) is 0 Å². The number of hydrogen-bond donors (Lipinski definition) is 1. The molecule has 0 bridgehead atoms. The third kappa shape index (κ3) is 4.82. The minimum atomic E-state index is 0.508. The SMILES string of the molecule is CCC(CC)C(NCC1CCCN(C)C1)c1ccccc1. The maximum Gasteiger partial charge on any atom is 0.0348 e. The van der Waals surface area contributed by atoms with Gasteiger partial charge in [0.2, 0.25) is 0 Å². The first-order chi connectivity index (χ1) is 10.2. The van der Waals surface area contributed by atoms with Crippen molar-refractivity contribution in [1.82, 2.24) is 10.2 Å². The van der Waals surface area contributed by atoms with Crippen LogP contribution in [0.15, 0.2) is 30.3 Å². The summed E-state index contributed by atoms with van der Waals surface area (Å²) in [7, 11) is 2.25. The van der Waals surface area contributed by atoms with Gasteiger partial charge in [-0.05, 0) is 50.4 Å². The van der Waals surface area contributed by atoms with Crippen molar-refractivity contribution in [3.8, 4) is 0 Å².